The highest BCUT2D eigenvalue weighted by atomic mass is 28.3. The standard InChI is InChI=1S/C24H42N3O6Si/c1-20(2,3)23(30)15-24(34(10)11,32-16(23)14-31-21(4,5)6)27-13-12-17(25-18(27)28)26-19(29)33-22(7,8)9/h12-13,16,30H,14-15H2,1-11H3,(H,25,26,28,29)/t16-,23+,24+/m1/s1. The zero-order chi connectivity index (χ0) is 26.3. The summed E-state index contributed by atoms with van der Waals surface area (Å²) in [6, 6.07) is 1.54. The Kier molecular flexibility index (Phi) is 7.85. The zero-order valence-corrected chi connectivity index (χ0v) is 23.5. The van der Waals surface area contributed by atoms with Gasteiger partial charge in [-0.25, -0.2) is 9.59 Å². The van der Waals surface area contributed by atoms with Gasteiger partial charge in [-0.2, -0.15) is 4.98 Å². The van der Waals surface area contributed by atoms with Crippen LogP contribution in [0.2, 0.25) is 13.1 Å². The van der Waals surface area contributed by atoms with Crippen LogP contribution in [0.25, 0.3) is 0 Å². The molecule has 0 saturated carbocycles. The molecule has 0 bridgehead atoms. The van der Waals surface area contributed by atoms with E-state index >= 15 is 0 Å². The predicted octanol–water partition coefficient (Wildman–Crippen LogP) is 3.92. The van der Waals surface area contributed by atoms with E-state index in [1.807, 2.05) is 54.6 Å². The number of nitrogens with one attached hydrogen (secondary N) is 1. The molecule has 1 aliphatic rings. The number of carbonyl (C=O) groups is 1. The van der Waals surface area contributed by atoms with Crippen LogP contribution in [0.1, 0.15) is 68.7 Å². The second kappa shape index (κ2) is 9.37. The van der Waals surface area contributed by atoms with Gasteiger partial charge in [0.05, 0.1) is 12.2 Å². The number of aromatic nitrogens is 2. The summed E-state index contributed by atoms with van der Waals surface area (Å²) in [5, 5.41) is 13.4. The summed E-state index contributed by atoms with van der Waals surface area (Å²) in [4.78, 5) is 29.3. The summed E-state index contributed by atoms with van der Waals surface area (Å²) < 4.78 is 19.3. The van der Waals surface area contributed by atoms with Gasteiger partial charge >= 0.3 is 11.8 Å². The number of aliphatic hydroxyl groups is 1. The minimum Gasteiger partial charge on any atom is -0.444 e. The SMILES string of the molecule is C[Si](C)[C@]1(n2ccc(NC(=O)OC(C)(C)C)nc2=O)C[C@@](O)(C(C)(C)C)[C@@H](COC(C)(C)C)O1. The Balaban J connectivity index is 2.45. The summed E-state index contributed by atoms with van der Waals surface area (Å²) in [5.41, 5.74) is -3.44. The third-order valence-electron chi connectivity index (χ3n) is 5.95. The molecule has 1 saturated heterocycles. The summed E-state index contributed by atoms with van der Waals surface area (Å²) in [6.07, 6.45) is 0.457. The van der Waals surface area contributed by atoms with Crippen LogP contribution in [0, 0.1) is 5.41 Å². The molecule has 1 aromatic heterocycles. The van der Waals surface area contributed by atoms with Crippen LogP contribution < -0.4 is 11.0 Å². The van der Waals surface area contributed by atoms with Gasteiger partial charge in [0, 0.05) is 12.6 Å². The van der Waals surface area contributed by atoms with Crippen molar-refractivity contribution in [1.29, 1.82) is 0 Å². The molecule has 0 spiro atoms. The summed E-state index contributed by atoms with van der Waals surface area (Å²) in [5.74, 6) is 0.0864. The number of rotatable bonds is 5. The number of anilines is 1. The largest absolute Gasteiger partial charge is 0.444 e. The lowest BCUT2D eigenvalue weighted by Gasteiger charge is -2.41. The van der Waals surface area contributed by atoms with Gasteiger partial charge in [-0.1, -0.05) is 33.9 Å². The quantitative estimate of drug-likeness (QED) is 0.594. The van der Waals surface area contributed by atoms with Gasteiger partial charge in [-0.15, -0.1) is 0 Å². The van der Waals surface area contributed by atoms with E-state index in [4.69, 9.17) is 14.2 Å². The Hall–Kier alpha value is -1.75. The summed E-state index contributed by atoms with van der Waals surface area (Å²) >= 11 is 0. The first-order valence-electron chi connectivity index (χ1n) is 11.7. The smallest absolute Gasteiger partial charge is 0.413 e. The molecule has 9 nitrogen and oxygen atoms in total. The molecular formula is C24H42N3O6Si. The Bertz CT molecular complexity index is 944. The Morgan fingerprint density at radius 1 is 1.21 bits per heavy atom. The van der Waals surface area contributed by atoms with E-state index in [0.717, 1.165) is 0 Å². The molecule has 1 radical (unpaired) electrons. The highest BCUT2D eigenvalue weighted by Gasteiger charge is 2.62. The molecule has 0 unspecified atom stereocenters. The second-order valence-corrected chi connectivity index (χ2v) is 15.0. The lowest BCUT2D eigenvalue weighted by Crippen LogP contribution is -2.53. The van der Waals surface area contributed by atoms with Crippen LogP contribution >= 0.6 is 0 Å². The van der Waals surface area contributed by atoms with Crippen molar-refractivity contribution in [3.05, 3.63) is 22.7 Å². The van der Waals surface area contributed by atoms with Gasteiger partial charge in [0.1, 0.15) is 37.3 Å². The van der Waals surface area contributed by atoms with Crippen molar-refractivity contribution in [2.75, 3.05) is 11.9 Å². The second-order valence-electron chi connectivity index (χ2n) is 12.3. The molecule has 0 aromatic carbocycles. The third kappa shape index (κ3) is 6.27. The van der Waals surface area contributed by atoms with Gasteiger partial charge in [-0.3, -0.25) is 9.88 Å². The van der Waals surface area contributed by atoms with Crippen molar-refractivity contribution in [2.45, 2.75) is 110 Å². The fraction of sp³-hybridized carbons (Fsp3) is 0.792. The van der Waals surface area contributed by atoms with E-state index in [-0.39, 0.29) is 18.8 Å². The highest BCUT2D eigenvalue weighted by molar-refractivity contribution is 6.58. The monoisotopic (exact) mass is 496 g/mol. The van der Waals surface area contributed by atoms with Crippen molar-refractivity contribution >= 4 is 20.7 Å². The van der Waals surface area contributed by atoms with E-state index in [1.165, 1.54) is 10.6 Å². The van der Waals surface area contributed by atoms with Crippen LogP contribution in [0.15, 0.2) is 17.1 Å². The first kappa shape index (κ1) is 28.5. The highest BCUT2D eigenvalue weighted by Crippen LogP contribution is 2.51. The van der Waals surface area contributed by atoms with Crippen LogP contribution in [0.5, 0.6) is 0 Å². The summed E-state index contributed by atoms with van der Waals surface area (Å²) in [7, 11) is -1.35. The van der Waals surface area contributed by atoms with E-state index < -0.39 is 54.3 Å². The van der Waals surface area contributed by atoms with Gasteiger partial charge < -0.3 is 19.3 Å². The van der Waals surface area contributed by atoms with Crippen molar-refractivity contribution in [3.63, 3.8) is 0 Å². The van der Waals surface area contributed by atoms with Gasteiger partial charge in [0.15, 0.2) is 0 Å². The number of ether oxygens (including phenoxy) is 3. The van der Waals surface area contributed by atoms with Crippen molar-refractivity contribution in [2.24, 2.45) is 5.41 Å². The number of amides is 1. The number of carbonyl (C=O) groups excluding carboxylic acids is 1. The fourth-order valence-electron chi connectivity index (χ4n) is 3.93. The van der Waals surface area contributed by atoms with Crippen molar-refractivity contribution in [1.82, 2.24) is 9.55 Å². The topological polar surface area (TPSA) is 112 Å². The first-order valence-corrected chi connectivity index (χ1v) is 14.2. The Labute approximate surface area is 204 Å². The molecule has 2 N–H and O–H groups in total. The lowest BCUT2D eigenvalue weighted by atomic mass is 9.72. The molecular weight excluding hydrogens is 454 g/mol. The molecule has 2 rings (SSSR count). The van der Waals surface area contributed by atoms with E-state index in [1.54, 1.807) is 27.0 Å². The Morgan fingerprint density at radius 2 is 1.79 bits per heavy atom. The van der Waals surface area contributed by atoms with E-state index in [0.29, 0.717) is 0 Å². The van der Waals surface area contributed by atoms with Gasteiger partial charge in [0.2, 0.25) is 0 Å². The molecule has 2 heterocycles. The van der Waals surface area contributed by atoms with Crippen LogP contribution in [0.3, 0.4) is 0 Å². The predicted molar refractivity (Wildman–Crippen MR) is 133 cm³/mol. The number of nitrogens with zero attached hydrogens (tertiary/aromatic N) is 2. The van der Waals surface area contributed by atoms with Gasteiger partial charge in [0.25, 0.3) is 0 Å². The molecule has 193 valence electrons. The minimum atomic E-state index is -1.35. The maximum atomic E-state index is 13.2. The Morgan fingerprint density at radius 3 is 2.24 bits per heavy atom. The summed E-state index contributed by atoms with van der Waals surface area (Å²) in [6.45, 7) is 21.3. The van der Waals surface area contributed by atoms with Crippen LogP contribution in [0.4, 0.5) is 10.6 Å². The molecule has 10 heteroatoms. The molecule has 1 amide bonds. The van der Waals surface area contributed by atoms with Crippen molar-refractivity contribution in [3.8, 4) is 0 Å². The molecule has 1 fully saturated rings. The lowest BCUT2D eigenvalue weighted by molar-refractivity contribution is -0.160. The molecule has 1 aromatic rings. The maximum Gasteiger partial charge on any atom is 0.413 e. The minimum absolute atomic E-state index is 0.0864. The first-order chi connectivity index (χ1) is 15.2. The fourth-order valence-corrected chi connectivity index (χ4v) is 5.59. The number of hydrogen-bond donors (Lipinski definition) is 2. The average Bonchev–Trinajstić information content (AvgIpc) is 2.92. The van der Waals surface area contributed by atoms with Crippen LogP contribution in [-0.4, -0.2) is 59.1 Å². The maximum absolute atomic E-state index is 13.2. The van der Waals surface area contributed by atoms with Crippen molar-refractivity contribution < 1.29 is 24.1 Å². The number of hydrogen-bond acceptors (Lipinski definition) is 7. The zero-order valence-electron chi connectivity index (χ0n) is 22.5. The third-order valence-corrected chi connectivity index (χ3v) is 8.05. The molecule has 1 aliphatic heterocycles. The van der Waals surface area contributed by atoms with Crippen LogP contribution in [-0.2, 0) is 19.6 Å². The van der Waals surface area contributed by atoms with E-state index in [2.05, 4.69) is 10.3 Å². The molecule has 0 aliphatic carbocycles. The normalized spacial score (nSPS) is 26.1. The van der Waals surface area contributed by atoms with Gasteiger partial charge in [-0.05, 0) is 53.0 Å². The molecule has 34 heavy (non-hydrogen) atoms. The molecule has 3 atom stereocenters. The average molecular weight is 497 g/mol. The van der Waals surface area contributed by atoms with E-state index in [9.17, 15) is 14.7 Å².